The minimum atomic E-state index is 0.398. The van der Waals surface area contributed by atoms with Gasteiger partial charge in [-0.15, -0.1) is 11.3 Å². The summed E-state index contributed by atoms with van der Waals surface area (Å²) in [7, 11) is 1.92. The number of nitrogens with zero attached hydrogens (tertiary/aromatic N) is 1. The van der Waals surface area contributed by atoms with Crippen molar-refractivity contribution in [3.63, 3.8) is 0 Å². The molecule has 3 rings (SSSR count). The van der Waals surface area contributed by atoms with Crippen molar-refractivity contribution < 1.29 is 9.26 Å². The molecule has 21 heavy (non-hydrogen) atoms. The van der Waals surface area contributed by atoms with E-state index in [9.17, 15) is 0 Å². The van der Waals surface area contributed by atoms with Crippen LogP contribution in [0.15, 0.2) is 52.4 Å². The minimum absolute atomic E-state index is 0.398. The van der Waals surface area contributed by atoms with Gasteiger partial charge in [0.25, 0.3) is 0 Å². The predicted octanol–water partition coefficient (Wildman–Crippen LogP) is 3.70. The summed E-state index contributed by atoms with van der Waals surface area (Å²) in [6.07, 6.45) is 0. The van der Waals surface area contributed by atoms with E-state index in [4.69, 9.17) is 9.26 Å². The molecule has 0 amide bonds. The number of thiophene rings is 1. The fourth-order valence-electron chi connectivity index (χ4n) is 2.05. The van der Waals surface area contributed by atoms with Crippen LogP contribution in [0.1, 0.15) is 11.3 Å². The Morgan fingerprint density at radius 2 is 2.14 bits per heavy atom. The lowest BCUT2D eigenvalue weighted by atomic mass is 10.2. The molecular formula is C16H16N2O2S. The Labute approximate surface area is 127 Å². The van der Waals surface area contributed by atoms with Gasteiger partial charge in [-0.05, 0) is 24.6 Å². The summed E-state index contributed by atoms with van der Waals surface area (Å²) >= 11 is 1.63. The molecule has 0 fully saturated rings. The van der Waals surface area contributed by atoms with Crippen LogP contribution >= 0.6 is 11.3 Å². The molecule has 0 bridgehead atoms. The second-order valence-electron chi connectivity index (χ2n) is 4.59. The average Bonchev–Trinajstić information content (AvgIpc) is 3.18. The molecule has 0 saturated heterocycles. The molecule has 0 aliphatic rings. The van der Waals surface area contributed by atoms with E-state index in [1.807, 2.05) is 54.9 Å². The van der Waals surface area contributed by atoms with Crippen LogP contribution < -0.4 is 10.1 Å². The fourth-order valence-corrected chi connectivity index (χ4v) is 2.72. The molecule has 0 spiro atoms. The highest BCUT2D eigenvalue weighted by Gasteiger charge is 2.09. The van der Waals surface area contributed by atoms with Crippen molar-refractivity contribution in [1.29, 1.82) is 0 Å². The van der Waals surface area contributed by atoms with Crippen LogP contribution in [-0.2, 0) is 13.2 Å². The number of para-hydroxylation sites is 1. The molecule has 1 aromatic carbocycles. The molecule has 0 aliphatic heterocycles. The van der Waals surface area contributed by atoms with E-state index in [1.165, 1.54) is 0 Å². The van der Waals surface area contributed by atoms with Crippen LogP contribution in [0.2, 0.25) is 0 Å². The molecule has 0 atom stereocenters. The van der Waals surface area contributed by atoms with Gasteiger partial charge in [-0.3, -0.25) is 0 Å². The number of nitrogens with one attached hydrogen (secondary N) is 1. The second-order valence-corrected chi connectivity index (χ2v) is 5.53. The predicted molar refractivity (Wildman–Crippen MR) is 83.4 cm³/mol. The molecule has 108 valence electrons. The third-order valence-electron chi connectivity index (χ3n) is 3.04. The van der Waals surface area contributed by atoms with Crippen LogP contribution in [0.4, 0.5) is 0 Å². The summed E-state index contributed by atoms with van der Waals surface area (Å²) in [6, 6.07) is 13.9. The van der Waals surface area contributed by atoms with Gasteiger partial charge in [-0.2, -0.15) is 0 Å². The zero-order valence-corrected chi connectivity index (χ0v) is 12.5. The van der Waals surface area contributed by atoms with Crippen molar-refractivity contribution in [1.82, 2.24) is 10.5 Å². The monoisotopic (exact) mass is 300 g/mol. The maximum Gasteiger partial charge on any atom is 0.177 e. The van der Waals surface area contributed by atoms with Crippen molar-refractivity contribution in [2.24, 2.45) is 0 Å². The number of ether oxygens (including phenoxy) is 1. The topological polar surface area (TPSA) is 47.3 Å². The summed E-state index contributed by atoms with van der Waals surface area (Å²) in [5.74, 6) is 1.65. The molecular weight excluding hydrogens is 284 g/mol. The third-order valence-corrected chi connectivity index (χ3v) is 3.92. The lowest BCUT2D eigenvalue weighted by Crippen LogP contribution is -2.07. The van der Waals surface area contributed by atoms with Crippen LogP contribution in [0.3, 0.4) is 0 Å². The first kappa shape index (κ1) is 13.9. The van der Waals surface area contributed by atoms with Crippen LogP contribution in [0, 0.1) is 0 Å². The Hall–Kier alpha value is -2.11. The van der Waals surface area contributed by atoms with E-state index in [1.54, 1.807) is 11.3 Å². The van der Waals surface area contributed by atoms with Crippen molar-refractivity contribution >= 4 is 11.3 Å². The van der Waals surface area contributed by atoms with E-state index in [0.717, 1.165) is 34.2 Å². The lowest BCUT2D eigenvalue weighted by molar-refractivity contribution is 0.287. The van der Waals surface area contributed by atoms with Crippen LogP contribution in [-0.4, -0.2) is 12.2 Å². The van der Waals surface area contributed by atoms with Crippen molar-refractivity contribution in [3.05, 3.63) is 59.1 Å². The summed E-state index contributed by atoms with van der Waals surface area (Å²) in [6.45, 7) is 1.17. The maximum absolute atomic E-state index is 5.85. The Kier molecular flexibility index (Phi) is 4.33. The van der Waals surface area contributed by atoms with E-state index in [0.29, 0.717) is 6.61 Å². The normalized spacial score (nSPS) is 10.7. The summed E-state index contributed by atoms with van der Waals surface area (Å²) in [5.41, 5.74) is 1.92. The molecule has 3 aromatic rings. The first-order valence-electron chi connectivity index (χ1n) is 6.71. The number of hydrogen-bond acceptors (Lipinski definition) is 5. The molecule has 0 saturated carbocycles. The Bertz CT molecular complexity index is 692. The maximum atomic E-state index is 5.85. The molecule has 1 N–H and O–H groups in total. The van der Waals surface area contributed by atoms with Gasteiger partial charge in [0.05, 0.1) is 4.88 Å². The molecule has 5 heteroatoms. The zero-order valence-electron chi connectivity index (χ0n) is 11.7. The van der Waals surface area contributed by atoms with Gasteiger partial charge in [0.2, 0.25) is 0 Å². The molecule has 0 radical (unpaired) electrons. The standard InChI is InChI=1S/C16H16N2O2S/c1-17-10-12-5-2-3-6-14(12)19-11-13-9-15(20-18-13)16-7-4-8-21-16/h2-9,17H,10-11H2,1H3. The highest BCUT2D eigenvalue weighted by atomic mass is 32.1. The Balaban J connectivity index is 1.68. The average molecular weight is 300 g/mol. The quantitative estimate of drug-likeness (QED) is 0.754. The number of hydrogen-bond donors (Lipinski definition) is 1. The third kappa shape index (κ3) is 3.32. The number of benzene rings is 1. The minimum Gasteiger partial charge on any atom is -0.487 e. The molecule has 0 aliphatic carbocycles. The summed E-state index contributed by atoms with van der Waals surface area (Å²) < 4.78 is 11.2. The molecule has 2 heterocycles. The van der Waals surface area contributed by atoms with E-state index in [2.05, 4.69) is 10.5 Å². The van der Waals surface area contributed by atoms with Gasteiger partial charge < -0.3 is 14.6 Å². The SMILES string of the molecule is CNCc1ccccc1OCc1cc(-c2cccs2)on1. The van der Waals surface area contributed by atoms with Crippen molar-refractivity contribution in [3.8, 4) is 16.4 Å². The van der Waals surface area contributed by atoms with Gasteiger partial charge in [-0.1, -0.05) is 29.4 Å². The van der Waals surface area contributed by atoms with Gasteiger partial charge >= 0.3 is 0 Å². The summed E-state index contributed by atoms with van der Waals surface area (Å²) in [4.78, 5) is 1.07. The first-order chi connectivity index (χ1) is 10.4. The zero-order chi connectivity index (χ0) is 14.5. The molecule has 0 unspecified atom stereocenters. The van der Waals surface area contributed by atoms with Crippen LogP contribution in [0.5, 0.6) is 5.75 Å². The van der Waals surface area contributed by atoms with E-state index in [-0.39, 0.29) is 0 Å². The Morgan fingerprint density at radius 3 is 2.95 bits per heavy atom. The van der Waals surface area contributed by atoms with E-state index < -0.39 is 0 Å². The largest absolute Gasteiger partial charge is 0.487 e. The lowest BCUT2D eigenvalue weighted by Gasteiger charge is -2.09. The highest BCUT2D eigenvalue weighted by Crippen LogP contribution is 2.26. The smallest absolute Gasteiger partial charge is 0.177 e. The molecule has 4 nitrogen and oxygen atoms in total. The van der Waals surface area contributed by atoms with E-state index >= 15 is 0 Å². The fraction of sp³-hybridized carbons (Fsp3) is 0.188. The molecule has 2 aromatic heterocycles. The van der Waals surface area contributed by atoms with Gasteiger partial charge in [0.15, 0.2) is 5.76 Å². The van der Waals surface area contributed by atoms with Gasteiger partial charge in [-0.25, -0.2) is 0 Å². The van der Waals surface area contributed by atoms with Crippen LogP contribution in [0.25, 0.3) is 10.6 Å². The second kappa shape index (κ2) is 6.56. The van der Waals surface area contributed by atoms with Gasteiger partial charge in [0, 0.05) is 18.2 Å². The first-order valence-corrected chi connectivity index (χ1v) is 7.59. The number of aromatic nitrogens is 1. The van der Waals surface area contributed by atoms with Crippen molar-refractivity contribution in [2.75, 3.05) is 7.05 Å². The Morgan fingerprint density at radius 1 is 1.24 bits per heavy atom. The van der Waals surface area contributed by atoms with Gasteiger partial charge in [0.1, 0.15) is 18.1 Å². The highest BCUT2D eigenvalue weighted by molar-refractivity contribution is 7.13. The van der Waals surface area contributed by atoms with Crippen molar-refractivity contribution in [2.45, 2.75) is 13.2 Å². The summed E-state index contributed by atoms with van der Waals surface area (Å²) in [5, 5.41) is 9.20. The number of rotatable bonds is 6.